The van der Waals surface area contributed by atoms with Crippen LogP contribution in [0.15, 0.2) is 32.7 Å². The van der Waals surface area contributed by atoms with E-state index in [0.717, 1.165) is 0 Å². The molecule has 1 N–H and O–H groups in total. The summed E-state index contributed by atoms with van der Waals surface area (Å²) in [5.41, 5.74) is 8.08. The largest absolute Gasteiger partial charge is 0.242 e. The van der Waals surface area contributed by atoms with Crippen LogP contribution in [-0.2, 0) is 10.0 Å². The lowest BCUT2D eigenvalue weighted by Crippen LogP contribution is -2.25. The SMILES string of the molecule is [N-]=[N+]=NCCCCNS(=O)(=O)c1ccc(Br)cc1Cl. The highest BCUT2D eigenvalue weighted by atomic mass is 79.9. The van der Waals surface area contributed by atoms with Crippen molar-refractivity contribution in [3.05, 3.63) is 38.1 Å². The lowest BCUT2D eigenvalue weighted by atomic mass is 10.3. The molecule has 0 spiro atoms. The average molecular weight is 368 g/mol. The van der Waals surface area contributed by atoms with Crippen LogP contribution in [0.5, 0.6) is 0 Å². The molecule has 0 amide bonds. The number of azide groups is 1. The van der Waals surface area contributed by atoms with Gasteiger partial charge in [0.1, 0.15) is 4.90 Å². The van der Waals surface area contributed by atoms with Crippen LogP contribution >= 0.6 is 27.5 Å². The fourth-order valence-electron chi connectivity index (χ4n) is 1.33. The Bertz CT molecular complexity index is 587. The summed E-state index contributed by atoms with van der Waals surface area (Å²) in [5.74, 6) is 0. The topological polar surface area (TPSA) is 94.9 Å². The normalized spacial score (nSPS) is 11.1. The summed E-state index contributed by atoms with van der Waals surface area (Å²) in [6.45, 7) is 0.632. The maximum Gasteiger partial charge on any atom is 0.242 e. The van der Waals surface area contributed by atoms with Gasteiger partial charge in [-0.25, -0.2) is 13.1 Å². The van der Waals surface area contributed by atoms with Crippen molar-refractivity contribution < 1.29 is 8.42 Å². The number of nitrogens with zero attached hydrogens (tertiary/aromatic N) is 3. The van der Waals surface area contributed by atoms with Gasteiger partial charge in [-0.1, -0.05) is 32.6 Å². The van der Waals surface area contributed by atoms with E-state index >= 15 is 0 Å². The van der Waals surface area contributed by atoms with Gasteiger partial charge in [0, 0.05) is 22.5 Å². The molecule has 104 valence electrons. The summed E-state index contributed by atoms with van der Waals surface area (Å²) in [5, 5.41) is 3.53. The Hall–Kier alpha value is -0.790. The number of nitrogens with one attached hydrogen (secondary N) is 1. The van der Waals surface area contributed by atoms with Crippen LogP contribution in [0.4, 0.5) is 0 Å². The van der Waals surface area contributed by atoms with E-state index < -0.39 is 10.0 Å². The van der Waals surface area contributed by atoms with E-state index in [0.29, 0.717) is 23.9 Å². The fraction of sp³-hybridized carbons (Fsp3) is 0.400. The third-order valence-electron chi connectivity index (χ3n) is 2.22. The molecule has 19 heavy (non-hydrogen) atoms. The Morgan fingerprint density at radius 3 is 2.79 bits per heavy atom. The maximum atomic E-state index is 12.0. The monoisotopic (exact) mass is 366 g/mol. The predicted molar refractivity (Wildman–Crippen MR) is 77.6 cm³/mol. The van der Waals surface area contributed by atoms with Crippen molar-refractivity contribution in [2.24, 2.45) is 5.11 Å². The van der Waals surface area contributed by atoms with E-state index in [1.807, 2.05) is 0 Å². The Labute approximate surface area is 125 Å². The quantitative estimate of drug-likeness (QED) is 0.346. The van der Waals surface area contributed by atoms with E-state index in [1.54, 1.807) is 6.07 Å². The van der Waals surface area contributed by atoms with Crippen LogP contribution in [-0.4, -0.2) is 21.5 Å². The third-order valence-corrected chi connectivity index (χ3v) is 4.66. The first kappa shape index (κ1) is 16.3. The van der Waals surface area contributed by atoms with E-state index in [9.17, 15) is 8.42 Å². The number of sulfonamides is 1. The summed E-state index contributed by atoms with van der Waals surface area (Å²) in [6.07, 6.45) is 1.22. The molecule has 6 nitrogen and oxygen atoms in total. The Kier molecular flexibility index (Phi) is 6.60. The lowest BCUT2D eigenvalue weighted by Gasteiger charge is -2.08. The number of hydrogen-bond acceptors (Lipinski definition) is 3. The minimum absolute atomic E-state index is 0.0485. The molecule has 1 aromatic carbocycles. The first-order chi connectivity index (χ1) is 8.97. The molecule has 1 aromatic rings. The standard InChI is InChI=1S/C10H12BrClN4O2S/c11-8-3-4-10(9(12)7-8)19(17,18)15-6-2-1-5-14-16-13/h3-4,7,15H,1-2,5-6H2. The molecular formula is C10H12BrClN4O2S. The molecule has 1 rings (SSSR count). The van der Waals surface area contributed by atoms with Gasteiger partial charge in [-0.3, -0.25) is 0 Å². The van der Waals surface area contributed by atoms with Gasteiger partial charge in [0.2, 0.25) is 10.0 Å². The van der Waals surface area contributed by atoms with Crippen molar-refractivity contribution in [1.29, 1.82) is 0 Å². The molecule has 0 saturated heterocycles. The Balaban J connectivity index is 2.58. The second kappa shape index (κ2) is 7.72. The van der Waals surface area contributed by atoms with Crippen molar-refractivity contribution in [3.63, 3.8) is 0 Å². The average Bonchev–Trinajstić information content (AvgIpc) is 2.33. The molecule has 0 aliphatic heterocycles. The number of hydrogen-bond donors (Lipinski definition) is 1. The van der Waals surface area contributed by atoms with Crippen LogP contribution in [0.1, 0.15) is 12.8 Å². The Morgan fingerprint density at radius 2 is 2.16 bits per heavy atom. The number of benzene rings is 1. The van der Waals surface area contributed by atoms with Crippen molar-refractivity contribution in [1.82, 2.24) is 4.72 Å². The van der Waals surface area contributed by atoms with E-state index in [4.69, 9.17) is 17.1 Å². The van der Waals surface area contributed by atoms with Gasteiger partial charge in [-0.05, 0) is 36.6 Å². The fourth-order valence-corrected chi connectivity index (χ4v) is 3.44. The highest BCUT2D eigenvalue weighted by Crippen LogP contribution is 2.24. The van der Waals surface area contributed by atoms with Crippen molar-refractivity contribution in [2.45, 2.75) is 17.7 Å². The highest BCUT2D eigenvalue weighted by molar-refractivity contribution is 9.10. The van der Waals surface area contributed by atoms with Crippen LogP contribution in [0.25, 0.3) is 10.4 Å². The van der Waals surface area contributed by atoms with Gasteiger partial charge in [0.15, 0.2) is 0 Å². The summed E-state index contributed by atoms with van der Waals surface area (Å²) in [7, 11) is -3.61. The summed E-state index contributed by atoms with van der Waals surface area (Å²) >= 11 is 9.10. The van der Waals surface area contributed by atoms with Gasteiger partial charge >= 0.3 is 0 Å². The minimum Gasteiger partial charge on any atom is -0.211 e. The first-order valence-electron chi connectivity index (χ1n) is 5.43. The minimum atomic E-state index is -3.61. The molecule has 0 radical (unpaired) electrons. The van der Waals surface area contributed by atoms with E-state index in [1.165, 1.54) is 12.1 Å². The molecule has 0 unspecified atom stereocenters. The van der Waals surface area contributed by atoms with Gasteiger partial charge in [0.25, 0.3) is 0 Å². The lowest BCUT2D eigenvalue weighted by molar-refractivity contribution is 0.577. The summed E-state index contributed by atoms with van der Waals surface area (Å²) < 4.78 is 27.1. The van der Waals surface area contributed by atoms with Gasteiger partial charge < -0.3 is 0 Å². The van der Waals surface area contributed by atoms with Gasteiger partial charge in [-0.15, -0.1) is 0 Å². The zero-order valence-corrected chi connectivity index (χ0v) is 13.0. The summed E-state index contributed by atoms with van der Waals surface area (Å²) in [4.78, 5) is 2.66. The highest BCUT2D eigenvalue weighted by Gasteiger charge is 2.17. The summed E-state index contributed by atoms with van der Waals surface area (Å²) in [6, 6.07) is 4.58. The number of unbranched alkanes of at least 4 members (excludes halogenated alkanes) is 1. The van der Waals surface area contributed by atoms with E-state index in [2.05, 4.69) is 30.7 Å². The molecule has 0 aromatic heterocycles. The van der Waals surface area contributed by atoms with E-state index in [-0.39, 0.29) is 16.5 Å². The van der Waals surface area contributed by atoms with Crippen molar-refractivity contribution >= 4 is 37.6 Å². The smallest absolute Gasteiger partial charge is 0.211 e. The molecule has 0 fully saturated rings. The van der Waals surface area contributed by atoms with Crippen LogP contribution < -0.4 is 4.72 Å². The second-order valence-electron chi connectivity index (χ2n) is 3.63. The molecule has 0 atom stereocenters. The number of rotatable bonds is 7. The van der Waals surface area contributed by atoms with Crippen LogP contribution in [0.2, 0.25) is 5.02 Å². The molecular weight excluding hydrogens is 356 g/mol. The molecule has 9 heteroatoms. The zero-order chi connectivity index (χ0) is 14.3. The van der Waals surface area contributed by atoms with Gasteiger partial charge in [-0.2, -0.15) is 0 Å². The predicted octanol–water partition coefficient (Wildman–Crippen LogP) is 3.47. The Morgan fingerprint density at radius 1 is 1.42 bits per heavy atom. The molecule has 0 saturated carbocycles. The molecule has 0 bridgehead atoms. The third kappa shape index (κ3) is 5.38. The van der Waals surface area contributed by atoms with Gasteiger partial charge in [0.05, 0.1) is 5.02 Å². The molecule has 0 aliphatic rings. The number of halogens is 2. The first-order valence-corrected chi connectivity index (χ1v) is 8.08. The molecule has 0 heterocycles. The second-order valence-corrected chi connectivity index (χ2v) is 6.69. The van der Waals surface area contributed by atoms with Crippen molar-refractivity contribution in [2.75, 3.05) is 13.1 Å². The van der Waals surface area contributed by atoms with Crippen LogP contribution in [0.3, 0.4) is 0 Å². The maximum absolute atomic E-state index is 12.0. The van der Waals surface area contributed by atoms with Crippen molar-refractivity contribution in [3.8, 4) is 0 Å². The molecule has 0 aliphatic carbocycles. The zero-order valence-electron chi connectivity index (χ0n) is 9.88. The van der Waals surface area contributed by atoms with Crippen LogP contribution in [0, 0.1) is 0 Å².